The average Bonchev–Trinajstić information content (AvgIpc) is 2.75. The molecule has 0 saturated heterocycles. The molecule has 29 heavy (non-hydrogen) atoms. The molecule has 2 aromatic carbocycles. The first-order valence-corrected chi connectivity index (χ1v) is 10.9. The zero-order chi connectivity index (χ0) is 20.6. The summed E-state index contributed by atoms with van der Waals surface area (Å²) >= 11 is 0. The van der Waals surface area contributed by atoms with Crippen LogP contribution in [0.3, 0.4) is 0 Å². The highest BCUT2D eigenvalue weighted by atomic mass is 19.2. The number of unbranched alkanes of at least 4 members (excludes halogenated alkanes) is 1. The largest absolute Gasteiger partial charge is 0.378 e. The molecule has 1 nitrogen and oxygen atoms in total. The third-order valence-electron chi connectivity index (χ3n) is 5.98. The summed E-state index contributed by atoms with van der Waals surface area (Å²) in [6.45, 7) is 6.68. The molecule has 3 rings (SSSR count). The standard InChI is InChI=1S/C26H32F2O/c1-3-5-7-19-8-10-20(11-9-19)23-16-17-24(26(28)25(23)27)21-12-14-22(15-13-21)29-18-6-4-2/h3,8-11,16-17,21-22H,1,4-7,12-15,18H2,2H3. The van der Waals surface area contributed by atoms with Gasteiger partial charge in [-0.1, -0.05) is 55.8 Å². The van der Waals surface area contributed by atoms with E-state index in [2.05, 4.69) is 13.5 Å². The molecule has 0 unspecified atom stereocenters. The molecule has 0 radical (unpaired) electrons. The van der Waals surface area contributed by atoms with Crippen LogP contribution in [-0.4, -0.2) is 12.7 Å². The second kappa shape index (κ2) is 10.7. The fraction of sp³-hybridized carbons (Fsp3) is 0.462. The number of allylic oxidation sites excluding steroid dienone is 1. The fourth-order valence-corrected chi connectivity index (χ4v) is 4.16. The number of aryl methyl sites for hydroxylation is 1. The number of benzene rings is 2. The summed E-state index contributed by atoms with van der Waals surface area (Å²) in [5.74, 6) is -1.35. The van der Waals surface area contributed by atoms with E-state index in [0.717, 1.165) is 58.0 Å². The van der Waals surface area contributed by atoms with Crippen molar-refractivity contribution >= 4 is 0 Å². The Kier molecular flexibility index (Phi) is 8.00. The van der Waals surface area contributed by atoms with Gasteiger partial charge in [-0.2, -0.15) is 0 Å². The summed E-state index contributed by atoms with van der Waals surface area (Å²) in [6, 6.07) is 11.2. The normalized spacial score (nSPS) is 19.3. The van der Waals surface area contributed by atoms with Gasteiger partial charge in [0, 0.05) is 12.2 Å². The Bertz CT molecular complexity index is 789. The van der Waals surface area contributed by atoms with Crippen LogP contribution in [0.5, 0.6) is 0 Å². The van der Waals surface area contributed by atoms with Crippen molar-refractivity contribution in [2.75, 3.05) is 6.61 Å². The molecule has 2 aromatic rings. The third-order valence-corrected chi connectivity index (χ3v) is 5.98. The van der Waals surface area contributed by atoms with E-state index in [1.807, 2.05) is 30.3 Å². The predicted octanol–water partition coefficient (Wildman–Crippen LogP) is 7.59. The van der Waals surface area contributed by atoms with Gasteiger partial charge in [0.15, 0.2) is 11.6 Å². The number of ether oxygens (including phenoxy) is 1. The molecule has 1 saturated carbocycles. The van der Waals surface area contributed by atoms with Crippen molar-refractivity contribution in [3.8, 4) is 11.1 Å². The van der Waals surface area contributed by atoms with E-state index in [9.17, 15) is 8.78 Å². The van der Waals surface area contributed by atoms with Gasteiger partial charge in [-0.25, -0.2) is 8.78 Å². The highest BCUT2D eigenvalue weighted by Gasteiger charge is 2.26. The van der Waals surface area contributed by atoms with Crippen LogP contribution in [0.4, 0.5) is 8.78 Å². The van der Waals surface area contributed by atoms with Crippen LogP contribution < -0.4 is 0 Å². The van der Waals surface area contributed by atoms with Gasteiger partial charge in [0.1, 0.15) is 0 Å². The molecule has 0 bridgehead atoms. The number of hydrogen-bond donors (Lipinski definition) is 0. The van der Waals surface area contributed by atoms with Crippen molar-refractivity contribution in [1.82, 2.24) is 0 Å². The molecular formula is C26H32F2O. The van der Waals surface area contributed by atoms with Crippen LogP contribution in [0.25, 0.3) is 11.1 Å². The Morgan fingerprint density at radius 3 is 2.38 bits per heavy atom. The first kappa shape index (κ1) is 21.7. The molecule has 156 valence electrons. The van der Waals surface area contributed by atoms with Crippen molar-refractivity contribution in [3.05, 3.63) is 71.8 Å². The maximum atomic E-state index is 14.9. The summed E-state index contributed by atoms with van der Waals surface area (Å²) in [5.41, 5.74) is 2.73. The highest BCUT2D eigenvalue weighted by Crippen LogP contribution is 2.37. The van der Waals surface area contributed by atoms with Crippen LogP contribution in [0.1, 0.15) is 68.9 Å². The summed E-state index contributed by atoms with van der Waals surface area (Å²) in [4.78, 5) is 0. The van der Waals surface area contributed by atoms with Gasteiger partial charge in [0.25, 0.3) is 0 Å². The van der Waals surface area contributed by atoms with E-state index in [4.69, 9.17) is 4.74 Å². The molecule has 0 aliphatic heterocycles. The Hall–Kier alpha value is -2.00. The lowest BCUT2D eigenvalue weighted by Crippen LogP contribution is -2.22. The smallest absolute Gasteiger partial charge is 0.166 e. The molecule has 1 aliphatic rings. The van der Waals surface area contributed by atoms with E-state index < -0.39 is 11.6 Å². The molecule has 0 heterocycles. The van der Waals surface area contributed by atoms with Crippen molar-refractivity contribution < 1.29 is 13.5 Å². The Morgan fingerprint density at radius 1 is 1.00 bits per heavy atom. The van der Waals surface area contributed by atoms with Crippen LogP contribution in [0, 0.1) is 11.6 Å². The van der Waals surface area contributed by atoms with Crippen molar-refractivity contribution in [2.45, 2.75) is 70.3 Å². The van der Waals surface area contributed by atoms with Gasteiger partial charge in [-0.3, -0.25) is 0 Å². The van der Waals surface area contributed by atoms with E-state index >= 15 is 0 Å². The lowest BCUT2D eigenvalue weighted by atomic mass is 9.82. The Balaban J connectivity index is 1.67. The molecule has 0 aromatic heterocycles. The topological polar surface area (TPSA) is 9.23 Å². The first-order chi connectivity index (χ1) is 14.1. The van der Waals surface area contributed by atoms with E-state index in [1.54, 1.807) is 12.1 Å². The Morgan fingerprint density at radius 2 is 1.72 bits per heavy atom. The van der Waals surface area contributed by atoms with Crippen molar-refractivity contribution in [3.63, 3.8) is 0 Å². The first-order valence-electron chi connectivity index (χ1n) is 10.9. The van der Waals surface area contributed by atoms with Crippen LogP contribution in [-0.2, 0) is 11.2 Å². The zero-order valence-electron chi connectivity index (χ0n) is 17.4. The lowest BCUT2D eigenvalue weighted by Gasteiger charge is -2.29. The number of hydrogen-bond acceptors (Lipinski definition) is 1. The molecule has 0 atom stereocenters. The second-order valence-corrected chi connectivity index (χ2v) is 8.05. The number of halogens is 2. The van der Waals surface area contributed by atoms with Gasteiger partial charge in [0.05, 0.1) is 6.10 Å². The van der Waals surface area contributed by atoms with Gasteiger partial charge in [0.2, 0.25) is 0 Å². The second-order valence-electron chi connectivity index (χ2n) is 8.05. The molecule has 0 N–H and O–H groups in total. The van der Waals surface area contributed by atoms with E-state index in [1.165, 1.54) is 5.56 Å². The molecule has 0 amide bonds. The van der Waals surface area contributed by atoms with Crippen molar-refractivity contribution in [1.29, 1.82) is 0 Å². The minimum atomic E-state index is -0.734. The van der Waals surface area contributed by atoms with E-state index in [0.29, 0.717) is 16.7 Å². The third kappa shape index (κ3) is 5.54. The predicted molar refractivity (Wildman–Crippen MR) is 116 cm³/mol. The van der Waals surface area contributed by atoms with Gasteiger partial charge >= 0.3 is 0 Å². The van der Waals surface area contributed by atoms with Gasteiger partial charge < -0.3 is 4.74 Å². The van der Waals surface area contributed by atoms with Crippen molar-refractivity contribution in [2.24, 2.45) is 0 Å². The number of rotatable bonds is 9. The van der Waals surface area contributed by atoms with E-state index in [-0.39, 0.29) is 12.0 Å². The maximum absolute atomic E-state index is 14.9. The summed E-state index contributed by atoms with van der Waals surface area (Å²) in [7, 11) is 0. The van der Waals surface area contributed by atoms with Crippen LogP contribution in [0.2, 0.25) is 0 Å². The molecular weight excluding hydrogens is 366 g/mol. The minimum absolute atomic E-state index is 0.0749. The molecule has 0 spiro atoms. The van der Waals surface area contributed by atoms with Crippen LogP contribution in [0.15, 0.2) is 49.1 Å². The fourth-order valence-electron chi connectivity index (χ4n) is 4.16. The Labute approximate surface area is 173 Å². The molecule has 3 heteroatoms. The van der Waals surface area contributed by atoms with Gasteiger partial charge in [-0.05, 0) is 67.6 Å². The highest BCUT2D eigenvalue weighted by molar-refractivity contribution is 5.65. The summed E-state index contributed by atoms with van der Waals surface area (Å²) < 4.78 is 35.7. The minimum Gasteiger partial charge on any atom is -0.378 e. The zero-order valence-corrected chi connectivity index (χ0v) is 17.4. The summed E-state index contributed by atoms with van der Waals surface area (Å²) in [5, 5.41) is 0. The SMILES string of the molecule is C=CCCc1ccc(-c2ccc(C3CCC(OCCCC)CC3)c(F)c2F)cc1. The summed E-state index contributed by atoms with van der Waals surface area (Å²) in [6.07, 6.45) is 9.71. The lowest BCUT2D eigenvalue weighted by molar-refractivity contribution is 0.0230. The monoisotopic (exact) mass is 398 g/mol. The van der Waals surface area contributed by atoms with Crippen LogP contribution >= 0.6 is 0 Å². The molecule has 1 fully saturated rings. The molecule has 1 aliphatic carbocycles. The maximum Gasteiger partial charge on any atom is 0.166 e. The quantitative estimate of drug-likeness (QED) is 0.312. The average molecular weight is 399 g/mol. The van der Waals surface area contributed by atoms with Gasteiger partial charge in [-0.15, -0.1) is 6.58 Å².